The van der Waals surface area contributed by atoms with Gasteiger partial charge in [-0.05, 0) is 59.1 Å². The highest BCUT2D eigenvalue weighted by atomic mass is 79.9. The second kappa shape index (κ2) is 6.31. The second-order valence-electron chi connectivity index (χ2n) is 4.80. The molecular formula is C16H17BrFN. The van der Waals surface area contributed by atoms with E-state index in [0.717, 1.165) is 12.0 Å². The first-order valence-corrected chi connectivity index (χ1v) is 7.10. The zero-order chi connectivity index (χ0) is 13.8. The van der Waals surface area contributed by atoms with Crippen LogP contribution in [0.4, 0.5) is 4.39 Å². The van der Waals surface area contributed by atoms with Gasteiger partial charge in [-0.25, -0.2) is 4.39 Å². The number of halogens is 2. The molecule has 1 nitrogen and oxygen atoms in total. The van der Waals surface area contributed by atoms with Gasteiger partial charge in [0, 0.05) is 5.92 Å². The summed E-state index contributed by atoms with van der Waals surface area (Å²) in [5.74, 6) is 0.0290. The van der Waals surface area contributed by atoms with E-state index in [4.69, 9.17) is 5.73 Å². The van der Waals surface area contributed by atoms with Gasteiger partial charge < -0.3 is 5.73 Å². The Morgan fingerprint density at radius 3 is 2.42 bits per heavy atom. The van der Waals surface area contributed by atoms with Crippen LogP contribution in [0, 0.1) is 12.7 Å². The quantitative estimate of drug-likeness (QED) is 0.898. The highest BCUT2D eigenvalue weighted by molar-refractivity contribution is 9.10. The molecule has 0 amide bonds. The molecule has 0 radical (unpaired) electrons. The molecule has 2 N–H and O–H groups in total. The van der Waals surface area contributed by atoms with Crippen LogP contribution in [0.3, 0.4) is 0 Å². The Labute approximate surface area is 121 Å². The summed E-state index contributed by atoms with van der Waals surface area (Å²) in [6, 6.07) is 13.6. The third kappa shape index (κ3) is 3.64. The van der Waals surface area contributed by atoms with Crippen LogP contribution in [0.15, 0.2) is 46.9 Å². The Balaban J connectivity index is 2.18. The Bertz CT molecular complexity index is 551. The number of nitrogens with two attached hydrogens (primary N) is 1. The van der Waals surface area contributed by atoms with E-state index >= 15 is 0 Å². The number of rotatable bonds is 4. The van der Waals surface area contributed by atoms with Gasteiger partial charge in [0.05, 0.1) is 4.47 Å². The molecule has 0 aliphatic carbocycles. The molecule has 1 atom stereocenters. The zero-order valence-corrected chi connectivity index (χ0v) is 12.5. The lowest BCUT2D eigenvalue weighted by molar-refractivity contribution is 0.618. The van der Waals surface area contributed by atoms with Crippen molar-refractivity contribution in [3.8, 4) is 0 Å². The normalized spacial score (nSPS) is 12.4. The molecule has 19 heavy (non-hydrogen) atoms. The van der Waals surface area contributed by atoms with E-state index in [0.29, 0.717) is 11.0 Å². The first kappa shape index (κ1) is 14.2. The van der Waals surface area contributed by atoms with Gasteiger partial charge in [-0.3, -0.25) is 0 Å². The van der Waals surface area contributed by atoms with Crippen LogP contribution in [-0.4, -0.2) is 6.54 Å². The SMILES string of the molecule is Cc1ccc(C(CN)Cc2ccc(F)c(Br)c2)cc1. The lowest BCUT2D eigenvalue weighted by Gasteiger charge is -2.16. The minimum Gasteiger partial charge on any atom is -0.330 e. The maximum absolute atomic E-state index is 13.2. The average molecular weight is 322 g/mol. The molecule has 0 bridgehead atoms. The van der Waals surface area contributed by atoms with Gasteiger partial charge in [0.15, 0.2) is 0 Å². The lowest BCUT2D eigenvalue weighted by Crippen LogP contribution is -2.15. The molecular weight excluding hydrogens is 305 g/mol. The summed E-state index contributed by atoms with van der Waals surface area (Å²) in [6.45, 7) is 2.65. The van der Waals surface area contributed by atoms with Crippen molar-refractivity contribution in [1.82, 2.24) is 0 Å². The molecule has 0 saturated heterocycles. The molecule has 1 unspecified atom stereocenters. The number of hydrogen-bond acceptors (Lipinski definition) is 1. The van der Waals surface area contributed by atoms with Gasteiger partial charge in [-0.15, -0.1) is 0 Å². The molecule has 3 heteroatoms. The van der Waals surface area contributed by atoms with Crippen LogP contribution >= 0.6 is 15.9 Å². The third-order valence-electron chi connectivity index (χ3n) is 3.30. The average Bonchev–Trinajstić information content (AvgIpc) is 2.41. The van der Waals surface area contributed by atoms with Crippen molar-refractivity contribution < 1.29 is 4.39 Å². The van der Waals surface area contributed by atoms with Gasteiger partial charge in [-0.2, -0.15) is 0 Å². The Kier molecular flexibility index (Phi) is 4.72. The van der Waals surface area contributed by atoms with E-state index in [-0.39, 0.29) is 11.7 Å². The van der Waals surface area contributed by atoms with Crippen molar-refractivity contribution in [2.24, 2.45) is 5.73 Å². The maximum atomic E-state index is 13.2. The fraction of sp³-hybridized carbons (Fsp3) is 0.250. The van der Waals surface area contributed by atoms with Crippen molar-refractivity contribution in [3.63, 3.8) is 0 Å². The lowest BCUT2D eigenvalue weighted by atomic mass is 9.91. The fourth-order valence-electron chi connectivity index (χ4n) is 2.13. The molecule has 2 aromatic carbocycles. The topological polar surface area (TPSA) is 26.0 Å². The molecule has 100 valence electrons. The summed E-state index contributed by atoms with van der Waals surface area (Å²) in [5.41, 5.74) is 9.43. The van der Waals surface area contributed by atoms with Gasteiger partial charge in [0.2, 0.25) is 0 Å². The Morgan fingerprint density at radius 1 is 1.16 bits per heavy atom. The van der Waals surface area contributed by atoms with Crippen LogP contribution in [0.2, 0.25) is 0 Å². The van der Waals surface area contributed by atoms with E-state index in [1.54, 1.807) is 0 Å². The van der Waals surface area contributed by atoms with Gasteiger partial charge in [0.25, 0.3) is 0 Å². The monoisotopic (exact) mass is 321 g/mol. The van der Waals surface area contributed by atoms with Gasteiger partial charge >= 0.3 is 0 Å². The predicted molar refractivity (Wildman–Crippen MR) is 80.8 cm³/mol. The van der Waals surface area contributed by atoms with E-state index in [1.165, 1.54) is 17.2 Å². The van der Waals surface area contributed by atoms with Crippen LogP contribution in [0.1, 0.15) is 22.6 Å². The van der Waals surface area contributed by atoms with E-state index < -0.39 is 0 Å². The highest BCUT2D eigenvalue weighted by Gasteiger charge is 2.11. The standard InChI is InChI=1S/C16H17BrFN/c1-11-2-5-13(6-3-11)14(10-19)8-12-4-7-16(18)15(17)9-12/h2-7,9,14H,8,10,19H2,1H3. The number of benzene rings is 2. The molecule has 2 aromatic rings. The van der Waals surface area contributed by atoms with Crippen LogP contribution in [0.5, 0.6) is 0 Å². The van der Waals surface area contributed by atoms with Crippen molar-refractivity contribution in [3.05, 3.63) is 69.4 Å². The molecule has 2 rings (SSSR count). The van der Waals surface area contributed by atoms with Gasteiger partial charge in [0.1, 0.15) is 5.82 Å². The van der Waals surface area contributed by atoms with Crippen molar-refractivity contribution in [2.75, 3.05) is 6.54 Å². The van der Waals surface area contributed by atoms with E-state index in [2.05, 4.69) is 47.1 Å². The predicted octanol–water partition coefficient (Wildman–Crippen LogP) is 4.18. The summed E-state index contributed by atoms with van der Waals surface area (Å²) in [4.78, 5) is 0. The third-order valence-corrected chi connectivity index (χ3v) is 3.91. The Morgan fingerprint density at radius 2 is 1.84 bits per heavy atom. The first-order valence-electron chi connectivity index (χ1n) is 6.30. The number of hydrogen-bond donors (Lipinski definition) is 1. The van der Waals surface area contributed by atoms with E-state index in [1.807, 2.05) is 12.1 Å². The smallest absolute Gasteiger partial charge is 0.137 e. The summed E-state index contributed by atoms with van der Waals surface area (Å²) < 4.78 is 13.7. The first-order chi connectivity index (χ1) is 9.10. The summed E-state index contributed by atoms with van der Waals surface area (Å²) in [5, 5.41) is 0. The highest BCUT2D eigenvalue weighted by Crippen LogP contribution is 2.23. The van der Waals surface area contributed by atoms with Crippen LogP contribution in [0.25, 0.3) is 0 Å². The van der Waals surface area contributed by atoms with Crippen molar-refractivity contribution in [1.29, 1.82) is 0 Å². The molecule has 0 saturated carbocycles. The molecule has 0 spiro atoms. The van der Waals surface area contributed by atoms with Crippen LogP contribution in [-0.2, 0) is 6.42 Å². The number of aryl methyl sites for hydroxylation is 1. The minimum absolute atomic E-state index is 0.233. The largest absolute Gasteiger partial charge is 0.330 e. The summed E-state index contributed by atoms with van der Waals surface area (Å²) >= 11 is 3.22. The molecule has 0 fully saturated rings. The summed E-state index contributed by atoms with van der Waals surface area (Å²) in [6.07, 6.45) is 0.818. The minimum atomic E-state index is -0.233. The second-order valence-corrected chi connectivity index (χ2v) is 5.65. The van der Waals surface area contributed by atoms with E-state index in [9.17, 15) is 4.39 Å². The fourth-order valence-corrected chi connectivity index (χ4v) is 2.55. The Hall–Kier alpha value is -1.19. The zero-order valence-electron chi connectivity index (χ0n) is 10.9. The molecule has 0 heterocycles. The maximum Gasteiger partial charge on any atom is 0.137 e. The summed E-state index contributed by atoms with van der Waals surface area (Å²) in [7, 11) is 0. The van der Waals surface area contributed by atoms with Gasteiger partial charge in [-0.1, -0.05) is 35.9 Å². The van der Waals surface area contributed by atoms with Crippen molar-refractivity contribution in [2.45, 2.75) is 19.3 Å². The molecule has 0 aliphatic rings. The molecule has 0 aliphatic heterocycles. The van der Waals surface area contributed by atoms with Crippen LogP contribution < -0.4 is 5.73 Å². The van der Waals surface area contributed by atoms with Crippen molar-refractivity contribution >= 4 is 15.9 Å². The molecule has 0 aromatic heterocycles.